The molecule has 0 atom stereocenters. The van der Waals surface area contributed by atoms with E-state index in [0.717, 1.165) is 4.47 Å². The van der Waals surface area contributed by atoms with E-state index in [9.17, 15) is 0 Å². The molecular formula is C14H12BrIO. The molecule has 0 heterocycles. The van der Waals surface area contributed by atoms with Crippen molar-refractivity contribution in [3.05, 3.63) is 67.7 Å². The molecule has 2 rings (SSSR count). The van der Waals surface area contributed by atoms with Crippen LogP contribution in [-0.2, 0) is 18.0 Å². The third kappa shape index (κ3) is 4.41. The Hall–Kier alpha value is -0.390. The van der Waals surface area contributed by atoms with Gasteiger partial charge in [0.25, 0.3) is 0 Å². The van der Waals surface area contributed by atoms with Gasteiger partial charge < -0.3 is 4.74 Å². The molecule has 0 bridgehead atoms. The fourth-order valence-corrected chi connectivity index (χ4v) is 2.30. The number of hydrogen-bond donors (Lipinski definition) is 0. The Labute approximate surface area is 123 Å². The van der Waals surface area contributed by atoms with Crippen molar-refractivity contribution >= 4 is 38.5 Å². The molecule has 0 unspecified atom stereocenters. The van der Waals surface area contributed by atoms with E-state index >= 15 is 0 Å². The summed E-state index contributed by atoms with van der Waals surface area (Å²) in [6.45, 7) is 1.30. The van der Waals surface area contributed by atoms with Gasteiger partial charge >= 0.3 is 0 Å². The number of ether oxygens (including phenoxy) is 1. The Morgan fingerprint density at radius 1 is 0.941 bits per heavy atom. The molecule has 0 amide bonds. The van der Waals surface area contributed by atoms with Crippen LogP contribution in [0.4, 0.5) is 0 Å². The van der Waals surface area contributed by atoms with Crippen LogP contribution in [0.2, 0.25) is 0 Å². The van der Waals surface area contributed by atoms with Crippen LogP contribution >= 0.6 is 38.5 Å². The Kier molecular flexibility index (Phi) is 5.00. The lowest BCUT2D eigenvalue weighted by Crippen LogP contribution is -1.94. The number of hydrogen-bond acceptors (Lipinski definition) is 1. The summed E-state index contributed by atoms with van der Waals surface area (Å²) in [6, 6.07) is 16.6. The van der Waals surface area contributed by atoms with Gasteiger partial charge in [0.1, 0.15) is 0 Å². The van der Waals surface area contributed by atoms with E-state index < -0.39 is 0 Å². The van der Waals surface area contributed by atoms with Crippen LogP contribution in [0.5, 0.6) is 0 Å². The minimum absolute atomic E-state index is 0.644. The maximum Gasteiger partial charge on any atom is 0.0721 e. The van der Waals surface area contributed by atoms with E-state index in [2.05, 4.69) is 74.9 Å². The Morgan fingerprint density at radius 2 is 1.65 bits per heavy atom. The molecular weight excluding hydrogens is 391 g/mol. The zero-order valence-corrected chi connectivity index (χ0v) is 12.9. The molecule has 0 saturated carbocycles. The minimum atomic E-state index is 0.644. The molecule has 0 N–H and O–H groups in total. The molecule has 0 fully saturated rings. The predicted octanol–water partition coefficient (Wildman–Crippen LogP) is 4.77. The van der Waals surface area contributed by atoms with Crippen molar-refractivity contribution < 1.29 is 4.74 Å². The molecule has 17 heavy (non-hydrogen) atoms. The van der Waals surface area contributed by atoms with Crippen molar-refractivity contribution in [2.24, 2.45) is 0 Å². The zero-order chi connectivity index (χ0) is 12.1. The fraction of sp³-hybridized carbons (Fsp3) is 0.143. The molecule has 0 aliphatic rings. The van der Waals surface area contributed by atoms with Crippen molar-refractivity contribution in [2.75, 3.05) is 0 Å². The van der Waals surface area contributed by atoms with Crippen molar-refractivity contribution in [3.8, 4) is 0 Å². The van der Waals surface area contributed by atoms with Gasteiger partial charge in [0.15, 0.2) is 0 Å². The maximum atomic E-state index is 5.68. The second-order valence-corrected chi connectivity index (χ2v) is 5.91. The topological polar surface area (TPSA) is 9.23 Å². The highest BCUT2D eigenvalue weighted by Crippen LogP contribution is 2.13. The molecule has 0 aliphatic carbocycles. The van der Waals surface area contributed by atoms with Gasteiger partial charge in [-0.1, -0.05) is 40.2 Å². The van der Waals surface area contributed by atoms with Gasteiger partial charge in [0.2, 0.25) is 0 Å². The first-order valence-corrected chi connectivity index (χ1v) is 7.18. The monoisotopic (exact) mass is 402 g/mol. The van der Waals surface area contributed by atoms with Crippen molar-refractivity contribution in [2.45, 2.75) is 13.2 Å². The third-order valence-electron chi connectivity index (χ3n) is 2.34. The van der Waals surface area contributed by atoms with E-state index in [0.29, 0.717) is 13.2 Å². The lowest BCUT2D eigenvalue weighted by molar-refractivity contribution is 0.107. The molecule has 3 heteroatoms. The van der Waals surface area contributed by atoms with Gasteiger partial charge in [-0.15, -0.1) is 0 Å². The first-order valence-electron chi connectivity index (χ1n) is 5.31. The maximum absolute atomic E-state index is 5.68. The van der Waals surface area contributed by atoms with Crippen LogP contribution in [0.25, 0.3) is 0 Å². The van der Waals surface area contributed by atoms with Crippen molar-refractivity contribution in [3.63, 3.8) is 0 Å². The predicted molar refractivity (Wildman–Crippen MR) is 81.8 cm³/mol. The average Bonchev–Trinajstić information content (AvgIpc) is 2.32. The second kappa shape index (κ2) is 6.52. The Balaban J connectivity index is 1.85. The summed E-state index contributed by atoms with van der Waals surface area (Å²) in [5.41, 5.74) is 2.39. The Morgan fingerprint density at radius 3 is 2.35 bits per heavy atom. The quantitative estimate of drug-likeness (QED) is 0.669. The Bertz CT molecular complexity index is 482. The molecule has 0 spiro atoms. The van der Waals surface area contributed by atoms with Crippen molar-refractivity contribution in [1.82, 2.24) is 0 Å². The highest BCUT2D eigenvalue weighted by molar-refractivity contribution is 14.1. The number of benzene rings is 2. The van der Waals surface area contributed by atoms with E-state index in [-0.39, 0.29) is 0 Å². The van der Waals surface area contributed by atoms with Gasteiger partial charge in [0, 0.05) is 8.04 Å². The summed E-state index contributed by atoms with van der Waals surface area (Å²) in [5.74, 6) is 0. The smallest absolute Gasteiger partial charge is 0.0721 e. The average molecular weight is 403 g/mol. The lowest BCUT2D eigenvalue weighted by Gasteiger charge is -2.05. The highest BCUT2D eigenvalue weighted by atomic mass is 127. The van der Waals surface area contributed by atoms with E-state index in [1.54, 1.807) is 0 Å². The van der Waals surface area contributed by atoms with Crippen LogP contribution in [0.1, 0.15) is 11.1 Å². The standard InChI is InChI=1S/C14H12BrIO/c15-13-3-1-2-12(8-13)10-17-9-11-4-6-14(16)7-5-11/h1-8H,9-10H2. The largest absolute Gasteiger partial charge is 0.372 e. The molecule has 88 valence electrons. The van der Waals surface area contributed by atoms with Crippen LogP contribution < -0.4 is 0 Å². The number of rotatable bonds is 4. The molecule has 0 aliphatic heterocycles. The summed E-state index contributed by atoms with van der Waals surface area (Å²) in [5, 5.41) is 0. The normalized spacial score (nSPS) is 10.5. The first-order chi connectivity index (χ1) is 8.24. The SMILES string of the molecule is Brc1cccc(COCc2ccc(I)cc2)c1. The summed E-state index contributed by atoms with van der Waals surface area (Å²) < 4.78 is 8.02. The van der Waals surface area contributed by atoms with Gasteiger partial charge in [-0.25, -0.2) is 0 Å². The molecule has 2 aromatic carbocycles. The fourth-order valence-electron chi connectivity index (χ4n) is 1.49. The lowest BCUT2D eigenvalue weighted by atomic mass is 10.2. The molecule has 0 saturated heterocycles. The second-order valence-electron chi connectivity index (χ2n) is 3.75. The van der Waals surface area contributed by atoms with E-state index in [4.69, 9.17) is 4.74 Å². The van der Waals surface area contributed by atoms with Crippen LogP contribution in [0.15, 0.2) is 53.0 Å². The number of halogens is 2. The van der Waals surface area contributed by atoms with Crippen LogP contribution in [-0.4, -0.2) is 0 Å². The summed E-state index contributed by atoms with van der Waals surface area (Å²) >= 11 is 5.75. The van der Waals surface area contributed by atoms with Gasteiger partial charge in [0.05, 0.1) is 13.2 Å². The molecule has 0 radical (unpaired) electrons. The van der Waals surface area contributed by atoms with Gasteiger partial charge in [-0.05, 0) is 58.0 Å². The van der Waals surface area contributed by atoms with Gasteiger partial charge in [-0.2, -0.15) is 0 Å². The van der Waals surface area contributed by atoms with E-state index in [1.165, 1.54) is 14.7 Å². The molecule has 2 aromatic rings. The highest BCUT2D eigenvalue weighted by Gasteiger charge is 1.96. The van der Waals surface area contributed by atoms with Crippen LogP contribution in [0.3, 0.4) is 0 Å². The van der Waals surface area contributed by atoms with Crippen LogP contribution in [0, 0.1) is 3.57 Å². The minimum Gasteiger partial charge on any atom is -0.372 e. The van der Waals surface area contributed by atoms with E-state index in [1.807, 2.05) is 12.1 Å². The first kappa shape index (κ1) is 13.1. The molecule has 1 nitrogen and oxygen atoms in total. The zero-order valence-electron chi connectivity index (χ0n) is 9.20. The molecule has 0 aromatic heterocycles. The van der Waals surface area contributed by atoms with Gasteiger partial charge in [-0.3, -0.25) is 0 Å². The summed E-state index contributed by atoms with van der Waals surface area (Å²) in [7, 11) is 0. The summed E-state index contributed by atoms with van der Waals surface area (Å²) in [4.78, 5) is 0. The van der Waals surface area contributed by atoms with Crippen molar-refractivity contribution in [1.29, 1.82) is 0 Å². The third-order valence-corrected chi connectivity index (χ3v) is 3.55. The summed E-state index contributed by atoms with van der Waals surface area (Å²) in [6.07, 6.45) is 0.